The van der Waals surface area contributed by atoms with Crippen LogP contribution in [0.25, 0.3) is 0 Å². The summed E-state index contributed by atoms with van der Waals surface area (Å²) < 4.78 is 23.6. The normalized spacial score (nSPS) is 14.7. The van der Waals surface area contributed by atoms with E-state index in [1.165, 1.54) is 116 Å². The molecule has 0 radical (unpaired) electrons. The SMILES string of the molecule is CC/C=C\C/C=C\C/C=C\C/C=C\CCCCCCCCCCCCCCCCC(=O)NC(COP(=O)(O)OCC[N+](C)(C)C)C(O)CCCCCCCCCCC. The number of nitrogens with zero attached hydrogens (tertiary/aromatic N) is 1. The molecule has 0 aliphatic heterocycles. The fourth-order valence-electron chi connectivity index (χ4n) is 6.80. The van der Waals surface area contributed by atoms with Crippen LogP contribution in [0.4, 0.5) is 0 Å². The van der Waals surface area contributed by atoms with Crippen LogP contribution >= 0.6 is 7.82 Å². The summed E-state index contributed by atoms with van der Waals surface area (Å²) in [4.78, 5) is 23.1. The third-order valence-electron chi connectivity index (χ3n) is 10.6. The van der Waals surface area contributed by atoms with Crippen LogP contribution in [-0.4, -0.2) is 73.4 Å². The standard InChI is InChI=1S/C49H93N2O6P/c1-6-8-10-12-14-16-17-18-19-20-21-22-23-24-25-26-27-28-29-30-31-32-33-35-37-39-41-43-49(53)50-47(46-57-58(54,55)56-45-44-51(3,4)5)48(52)42-40-38-36-34-15-13-11-9-7-2/h8,10,14,16,18-19,21-22,47-48,52H,6-7,9,11-13,15,17,20,23-46H2,1-5H3,(H-,50,53,54,55)/p+1/b10-8-,16-14-,19-18-,22-21-. The molecule has 3 N–H and O–H groups in total. The summed E-state index contributed by atoms with van der Waals surface area (Å²) in [5.41, 5.74) is 0. The van der Waals surface area contributed by atoms with Crippen LogP contribution in [0.1, 0.15) is 206 Å². The van der Waals surface area contributed by atoms with E-state index in [1.807, 2.05) is 21.1 Å². The number of aliphatic hydroxyl groups is 1. The molecule has 0 spiro atoms. The van der Waals surface area contributed by atoms with Crippen molar-refractivity contribution in [1.82, 2.24) is 5.32 Å². The van der Waals surface area contributed by atoms with Gasteiger partial charge in [0.1, 0.15) is 13.2 Å². The Bertz CT molecular complexity index is 1090. The second-order valence-corrected chi connectivity index (χ2v) is 18.9. The number of hydrogen-bond donors (Lipinski definition) is 3. The van der Waals surface area contributed by atoms with Crippen LogP contribution in [-0.2, 0) is 18.4 Å². The van der Waals surface area contributed by atoms with Crippen molar-refractivity contribution in [2.75, 3.05) is 40.9 Å². The van der Waals surface area contributed by atoms with Gasteiger partial charge in [-0.15, -0.1) is 0 Å². The van der Waals surface area contributed by atoms with Gasteiger partial charge in [0.25, 0.3) is 0 Å². The molecular formula is C49H94N2O6P+. The summed E-state index contributed by atoms with van der Waals surface area (Å²) in [5, 5.41) is 13.9. The molecule has 0 bridgehead atoms. The molecule has 0 heterocycles. The minimum Gasteiger partial charge on any atom is -0.391 e. The number of hydrogen-bond acceptors (Lipinski definition) is 5. The second-order valence-electron chi connectivity index (χ2n) is 17.5. The summed E-state index contributed by atoms with van der Waals surface area (Å²) >= 11 is 0. The Morgan fingerprint density at radius 3 is 1.52 bits per heavy atom. The van der Waals surface area contributed by atoms with Gasteiger partial charge in [0.15, 0.2) is 0 Å². The Labute approximate surface area is 359 Å². The number of allylic oxidation sites excluding steroid dienone is 8. The second kappa shape index (κ2) is 40.8. The highest BCUT2D eigenvalue weighted by molar-refractivity contribution is 7.47. The molecule has 1 amide bonds. The van der Waals surface area contributed by atoms with Gasteiger partial charge in [-0.2, -0.15) is 0 Å². The largest absolute Gasteiger partial charge is 0.472 e. The van der Waals surface area contributed by atoms with Gasteiger partial charge in [-0.1, -0.05) is 197 Å². The average molecular weight is 838 g/mol. The first kappa shape index (κ1) is 56.5. The Morgan fingerprint density at radius 1 is 0.603 bits per heavy atom. The Kier molecular flexibility index (Phi) is 39.8. The molecule has 58 heavy (non-hydrogen) atoms. The molecule has 9 heteroatoms. The number of likely N-dealkylation sites (N-methyl/N-ethyl adjacent to an activating group) is 1. The van der Waals surface area contributed by atoms with E-state index in [0.717, 1.165) is 64.2 Å². The fraction of sp³-hybridized carbons (Fsp3) is 0.816. The van der Waals surface area contributed by atoms with E-state index in [1.54, 1.807) is 0 Å². The van der Waals surface area contributed by atoms with Crippen LogP contribution in [0.15, 0.2) is 48.6 Å². The molecule has 0 aromatic rings. The summed E-state index contributed by atoms with van der Waals surface area (Å²) in [6, 6.07) is -0.759. The third-order valence-corrected chi connectivity index (χ3v) is 11.6. The van der Waals surface area contributed by atoms with Gasteiger partial charge in [0.05, 0.1) is 39.9 Å². The number of quaternary nitrogens is 1. The van der Waals surface area contributed by atoms with E-state index in [-0.39, 0.29) is 19.1 Å². The number of amides is 1. The molecule has 0 aliphatic carbocycles. The number of unbranched alkanes of at least 4 members (excludes halogenated alkanes) is 22. The molecule has 0 aliphatic rings. The van der Waals surface area contributed by atoms with Crippen LogP contribution in [0.3, 0.4) is 0 Å². The predicted molar refractivity (Wildman–Crippen MR) is 249 cm³/mol. The first-order chi connectivity index (χ1) is 28.0. The first-order valence-corrected chi connectivity index (χ1v) is 25.5. The van der Waals surface area contributed by atoms with Gasteiger partial charge in [-0.3, -0.25) is 13.8 Å². The van der Waals surface area contributed by atoms with Crippen LogP contribution in [0, 0.1) is 0 Å². The lowest BCUT2D eigenvalue weighted by molar-refractivity contribution is -0.870. The highest BCUT2D eigenvalue weighted by Gasteiger charge is 2.28. The van der Waals surface area contributed by atoms with E-state index in [2.05, 4.69) is 67.8 Å². The number of rotatable bonds is 43. The summed E-state index contributed by atoms with van der Waals surface area (Å²) in [6.07, 6.45) is 51.6. The predicted octanol–water partition coefficient (Wildman–Crippen LogP) is 13.6. The van der Waals surface area contributed by atoms with E-state index >= 15 is 0 Å². The lowest BCUT2D eigenvalue weighted by Crippen LogP contribution is -2.46. The number of carbonyl (C=O) groups is 1. The van der Waals surface area contributed by atoms with Crippen molar-refractivity contribution in [3.63, 3.8) is 0 Å². The summed E-state index contributed by atoms with van der Waals surface area (Å²) in [6.45, 7) is 4.75. The number of carbonyl (C=O) groups excluding carboxylic acids is 1. The molecule has 0 aromatic heterocycles. The highest BCUT2D eigenvalue weighted by Crippen LogP contribution is 2.43. The highest BCUT2D eigenvalue weighted by atomic mass is 31.2. The Morgan fingerprint density at radius 2 is 1.03 bits per heavy atom. The quantitative estimate of drug-likeness (QED) is 0.0244. The maximum Gasteiger partial charge on any atom is 0.472 e. The average Bonchev–Trinajstić information content (AvgIpc) is 3.17. The van der Waals surface area contributed by atoms with Crippen molar-refractivity contribution in [3.05, 3.63) is 48.6 Å². The van der Waals surface area contributed by atoms with Gasteiger partial charge in [-0.25, -0.2) is 4.57 Å². The van der Waals surface area contributed by atoms with Crippen molar-refractivity contribution in [1.29, 1.82) is 0 Å². The first-order valence-electron chi connectivity index (χ1n) is 24.0. The molecule has 0 fully saturated rings. The zero-order valence-electron chi connectivity index (χ0n) is 38.5. The Hall–Kier alpha value is -1.54. The van der Waals surface area contributed by atoms with E-state index in [9.17, 15) is 19.4 Å². The van der Waals surface area contributed by atoms with E-state index in [0.29, 0.717) is 23.9 Å². The molecule has 3 atom stereocenters. The third kappa shape index (κ3) is 42.6. The lowest BCUT2D eigenvalue weighted by atomic mass is 10.0. The molecule has 3 unspecified atom stereocenters. The van der Waals surface area contributed by atoms with Crippen LogP contribution in [0.5, 0.6) is 0 Å². The maximum absolute atomic E-state index is 12.9. The zero-order valence-corrected chi connectivity index (χ0v) is 39.4. The monoisotopic (exact) mass is 838 g/mol. The van der Waals surface area contributed by atoms with E-state index < -0.39 is 20.0 Å². The van der Waals surface area contributed by atoms with Crippen LogP contribution in [0.2, 0.25) is 0 Å². The molecule has 8 nitrogen and oxygen atoms in total. The molecule has 0 saturated heterocycles. The van der Waals surface area contributed by atoms with Crippen LogP contribution < -0.4 is 5.32 Å². The topological polar surface area (TPSA) is 105 Å². The Balaban J connectivity index is 4.08. The smallest absolute Gasteiger partial charge is 0.391 e. The number of nitrogens with one attached hydrogen (secondary N) is 1. The molecular weight excluding hydrogens is 744 g/mol. The molecule has 0 aromatic carbocycles. The summed E-state index contributed by atoms with van der Waals surface area (Å²) in [7, 11) is 1.61. The maximum atomic E-state index is 12.9. The number of phosphoric acid groups is 1. The fourth-order valence-corrected chi connectivity index (χ4v) is 7.54. The molecule has 340 valence electrons. The lowest BCUT2D eigenvalue weighted by Gasteiger charge is -2.26. The van der Waals surface area contributed by atoms with Gasteiger partial charge < -0.3 is 19.8 Å². The van der Waals surface area contributed by atoms with Crippen molar-refractivity contribution in [3.8, 4) is 0 Å². The van der Waals surface area contributed by atoms with Crippen molar-refractivity contribution in [2.24, 2.45) is 0 Å². The van der Waals surface area contributed by atoms with E-state index in [4.69, 9.17) is 9.05 Å². The van der Waals surface area contributed by atoms with Crippen molar-refractivity contribution in [2.45, 2.75) is 219 Å². The number of phosphoric ester groups is 1. The van der Waals surface area contributed by atoms with Crippen molar-refractivity contribution >= 4 is 13.7 Å². The summed E-state index contributed by atoms with van der Waals surface area (Å²) in [5.74, 6) is -0.149. The minimum atomic E-state index is -4.31. The molecule has 0 saturated carbocycles. The van der Waals surface area contributed by atoms with Gasteiger partial charge in [-0.05, 0) is 51.4 Å². The zero-order chi connectivity index (χ0) is 42.8. The van der Waals surface area contributed by atoms with Gasteiger partial charge >= 0.3 is 7.82 Å². The minimum absolute atomic E-state index is 0.0737. The van der Waals surface area contributed by atoms with Gasteiger partial charge in [0, 0.05) is 6.42 Å². The van der Waals surface area contributed by atoms with Gasteiger partial charge in [0.2, 0.25) is 5.91 Å². The van der Waals surface area contributed by atoms with Crippen molar-refractivity contribution < 1.29 is 32.9 Å². The number of aliphatic hydroxyl groups excluding tert-OH is 1. The molecule has 0 rings (SSSR count).